The van der Waals surface area contributed by atoms with Crippen LogP contribution in [0.15, 0.2) is 42.6 Å². The van der Waals surface area contributed by atoms with Gasteiger partial charge in [0.2, 0.25) is 5.91 Å². The second-order valence-electron chi connectivity index (χ2n) is 9.22. The van der Waals surface area contributed by atoms with Gasteiger partial charge in [-0.05, 0) is 42.7 Å². The first-order valence-corrected chi connectivity index (χ1v) is 12.9. The molecule has 1 heterocycles. The van der Waals surface area contributed by atoms with Gasteiger partial charge >= 0.3 is 6.18 Å². The summed E-state index contributed by atoms with van der Waals surface area (Å²) >= 11 is 0. The monoisotopic (exact) mass is 478 g/mol. The number of hydrogen-bond donors (Lipinski definition) is 0. The molecule has 0 spiro atoms. The molecule has 6 heteroatoms. The Kier molecular flexibility index (Phi) is 12.3. The van der Waals surface area contributed by atoms with Crippen LogP contribution in [-0.4, -0.2) is 21.9 Å². The Hall–Kier alpha value is -2.24. The van der Waals surface area contributed by atoms with Crippen molar-refractivity contribution in [2.24, 2.45) is 0 Å². The molecule has 0 saturated heterocycles. The molecule has 0 N–H and O–H groups in total. The lowest BCUT2D eigenvalue weighted by molar-refractivity contribution is -0.137. The van der Waals surface area contributed by atoms with Gasteiger partial charge in [-0.1, -0.05) is 77.3 Å². The molecular weight excluding hydrogens is 437 g/mol. The van der Waals surface area contributed by atoms with Gasteiger partial charge in [-0.3, -0.25) is 4.79 Å². The molecule has 0 bridgehead atoms. The van der Waals surface area contributed by atoms with Gasteiger partial charge in [0.25, 0.3) is 0 Å². The number of halogens is 3. The van der Waals surface area contributed by atoms with Gasteiger partial charge in [-0.2, -0.15) is 13.2 Å². The predicted molar refractivity (Wildman–Crippen MR) is 133 cm³/mol. The quantitative estimate of drug-likeness (QED) is 0.223. The topological polar surface area (TPSA) is 25.2 Å². The molecule has 0 radical (unpaired) electrons. The zero-order valence-corrected chi connectivity index (χ0v) is 20.9. The number of carbonyl (C=O) groups excluding carboxylic acids is 1. The highest BCUT2D eigenvalue weighted by Gasteiger charge is 2.30. The molecule has 0 unspecified atom stereocenters. The number of aromatic nitrogens is 1. The summed E-state index contributed by atoms with van der Waals surface area (Å²) in [4.78, 5) is 15.0. The largest absolute Gasteiger partial charge is 0.416 e. The van der Waals surface area contributed by atoms with E-state index in [-0.39, 0.29) is 5.91 Å². The molecule has 190 valence electrons. The molecule has 0 aliphatic rings. The van der Waals surface area contributed by atoms with Crippen molar-refractivity contribution < 1.29 is 18.0 Å². The van der Waals surface area contributed by atoms with Crippen molar-refractivity contribution in [1.82, 2.24) is 9.47 Å². The van der Waals surface area contributed by atoms with E-state index >= 15 is 0 Å². The van der Waals surface area contributed by atoms with E-state index in [1.54, 1.807) is 6.07 Å². The van der Waals surface area contributed by atoms with Crippen molar-refractivity contribution in [2.75, 3.05) is 6.54 Å². The van der Waals surface area contributed by atoms with Crippen molar-refractivity contribution in [2.45, 2.75) is 104 Å². The number of amides is 1. The number of unbranched alkanes of at least 4 members (excludes halogenated alkanes) is 8. The number of carbonyl (C=O) groups is 1. The maximum absolute atomic E-state index is 13.1. The zero-order valence-electron chi connectivity index (χ0n) is 20.9. The Bertz CT molecular complexity index is 844. The number of rotatable bonds is 16. The second-order valence-corrected chi connectivity index (χ2v) is 9.22. The molecule has 2 rings (SSSR count). The molecule has 1 amide bonds. The standard InChI is InChI=1S/C28H41F3N2O/c1-3-5-7-8-9-10-11-18-27(34)33(19-12-6-4-2)23-26-17-14-20-32(26)22-24-15-13-16-25(21-24)28(29,30)31/h13-17,20-21H,3-12,18-19,22-23H2,1-2H3. The van der Waals surface area contributed by atoms with Crippen LogP contribution < -0.4 is 0 Å². The molecule has 3 nitrogen and oxygen atoms in total. The van der Waals surface area contributed by atoms with E-state index in [0.29, 0.717) is 25.1 Å². The molecule has 0 saturated carbocycles. The van der Waals surface area contributed by atoms with E-state index in [0.717, 1.165) is 50.4 Å². The van der Waals surface area contributed by atoms with Gasteiger partial charge in [-0.15, -0.1) is 0 Å². The normalized spacial score (nSPS) is 11.7. The molecular formula is C28H41F3N2O. The minimum Gasteiger partial charge on any atom is -0.345 e. The summed E-state index contributed by atoms with van der Waals surface area (Å²) in [7, 11) is 0. The van der Waals surface area contributed by atoms with Gasteiger partial charge in [0.05, 0.1) is 12.1 Å². The van der Waals surface area contributed by atoms with Gasteiger partial charge in [0, 0.05) is 31.4 Å². The summed E-state index contributed by atoms with van der Waals surface area (Å²) in [6.07, 6.45) is 9.44. The van der Waals surface area contributed by atoms with Gasteiger partial charge < -0.3 is 9.47 Å². The highest BCUT2D eigenvalue weighted by molar-refractivity contribution is 5.76. The highest BCUT2D eigenvalue weighted by Crippen LogP contribution is 2.29. The van der Waals surface area contributed by atoms with Gasteiger partial charge in [0.1, 0.15) is 0 Å². The zero-order chi connectivity index (χ0) is 24.8. The fourth-order valence-electron chi connectivity index (χ4n) is 4.22. The average Bonchev–Trinajstić information content (AvgIpc) is 3.23. The molecule has 34 heavy (non-hydrogen) atoms. The van der Waals surface area contributed by atoms with Crippen molar-refractivity contribution in [1.29, 1.82) is 0 Å². The van der Waals surface area contributed by atoms with E-state index in [1.807, 2.05) is 27.8 Å². The third-order valence-corrected chi connectivity index (χ3v) is 6.26. The second kappa shape index (κ2) is 14.9. The van der Waals surface area contributed by atoms with Crippen LogP contribution in [0.3, 0.4) is 0 Å². The summed E-state index contributed by atoms with van der Waals surface area (Å²) < 4.78 is 41.2. The Balaban J connectivity index is 1.98. The molecule has 2 aromatic rings. The van der Waals surface area contributed by atoms with Crippen LogP contribution in [0.2, 0.25) is 0 Å². The van der Waals surface area contributed by atoms with Gasteiger partial charge in [-0.25, -0.2) is 0 Å². The lowest BCUT2D eigenvalue weighted by Gasteiger charge is -2.24. The molecule has 0 fully saturated rings. The van der Waals surface area contributed by atoms with E-state index in [9.17, 15) is 18.0 Å². The summed E-state index contributed by atoms with van der Waals surface area (Å²) in [5, 5.41) is 0. The van der Waals surface area contributed by atoms with Crippen LogP contribution in [0, 0.1) is 0 Å². The SMILES string of the molecule is CCCCCCCCCC(=O)N(CCCCC)Cc1cccn1Cc1cccc(C(F)(F)F)c1. The maximum Gasteiger partial charge on any atom is 0.416 e. The van der Waals surface area contributed by atoms with Crippen LogP contribution in [0.25, 0.3) is 0 Å². The lowest BCUT2D eigenvalue weighted by Crippen LogP contribution is -2.32. The minimum absolute atomic E-state index is 0.177. The number of nitrogens with zero attached hydrogens (tertiary/aromatic N) is 2. The first-order valence-electron chi connectivity index (χ1n) is 12.9. The molecule has 1 aromatic carbocycles. The average molecular weight is 479 g/mol. The number of hydrogen-bond acceptors (Lipinski definition) is 1. The third kappa shape index (κ3) is 9.94. The Morgan fingerprint density at radius 3 is 2.26 bits per heavy atom. The van der Waals surface area contributed by atoms with Crippen LogP contribution >= 0.6 is 0 Å². The van der Waals surface area contributed by atoms with Crippen LogP contribution in [0.1, 0.15) is 101 Å². The highest BCUT2D eigenvalue weighted by atomic mass is 19.4. The Labute approximate surface area is 203 Å². The Morgan fingerprint density at radius 1 is 0.882 bits per heavy atom. The van der Waals surface area contributed by atoms with E-state index < -0.39 is 11.7 Å². The van der Waals surface area contributed by atoms with Crippen molar-refractivity contribution >= 4 is 5.91 Å². The lowest BCUT2D eigenvalue weighted by atomic mass is 10.1. The summed E-state index contributed by atoms with van der Waals surface area (Å²) in [5.41, 5.74) is 0.908. The van der Waals surface area contributed by atoms with Crippen LogP contribution in [0.5, 0.6) is 0 Å². The van der Waals surface area contributed by atoms with Gasteiger partial charge in [0.15, 0.2) is 0 Å². The van der Waals surface area contributed by atoms with Crippen LogP contribution in [0.4, 0.5) is 13.2 Å². The summed E-state index contributed by atoms with van der Waals surface area (Å²) in [6.45, 7) is 5.91. The van der Waals surface area contributed by atoms with E-state index in [2.05, 4.69) is 13.8 Å². The molecule has 0 aliphatic carbocycles. The van der Waals surface area contributed by atoms with Crippen molar-refractivity contribution in [3.8, 4) is 0 Å². The number of benzene rings is 1. The third-order valence-electron chi connectivity index (χ3n) is 6.26. The van der Waals surface area contributed by atoms with E-state index in [4.69, 9.17) is 0 Å². The van der Waals surface area contributed by atoms with Crippen molar-refractivity contribution in [3.05, 3.63) is 59.4 Å². The fraction of sp³-hybridized carbons (Fsp3) is 0.607. The predicted octanol–water partition coefficient (Wildman–Crippen LogP) is 8.21. The van der Waals surface area contributed by atoms with Crippen LogP contribution in [-0.2, 0) is 24.1 Å². The smallest absolute Gasteiger partial charge is 0.345 e. The number of alkyl halides is 3. The maximum atomic E-state index is 13.1. The van der Waals surface area contributed by atoms with E-state index in [1.165, 1.54) is 44.2 Å². The molecule has 0 atom stereocenters. The first-order chi connectivity index (χ1) is 16.3. The summed E-state index contributed by atoms with van der Waals surface area (Å²) in [5.74, 6) is 0.177. The fourth-order valence-corrected chi connectivity index (χ4v) is 4.22. The first kappa shape index (κ1) is 28.0. The minimum atomic E-state index is -4.35. The molecule has 1 aromatic heterocycles. The summed E-state index contributed by atoms with van der Waals surface area (Å²) in [6, 6.07) is 9.32. The van der Waals surface area contributed by atoms with Crippen molar-refractivity contribution in [3.63, 3.8) is 0 Å². The Morgan fingerprint density at radius 2 is 1.56 bits per heavy atom. The molecule has 0 aliphatic heterocycles.